The molecule has 216 valence electrons. The second-order valence-electron chi connectivity index (χ2n) is 8.44. The summed E-state index contributed by atoms with van der Waals surface area (Å²) in [5.74, 6) is 0. The molecule has 6 aromatic rings. The summed E-state index contributed by atoms with van der Waals surface area (Å²) < 4.78 is 0. The standard InChI is InChI=1S/C13H6Cl2N4O2.C13H8N4O4.CH4/c14-12-9-4-5-16-10(11(9)17-13(15)18-12)7-2-1-3-8(6-7)19(20)21;18-12-9-4-5-14-10(11(9)15-13(19)16-12)7-2-1-3-8(6-7)17(20)21;/h1-6H;1-6H,(H2,15,16,18,19);1H4. The Balaban J connectivity index is 0.000000192. The first kappa shape index (κ1) is 30.4. The van der Waals surface area contributed by atoms with Gasteiger partial charge in [0.05, 0.1) is 32.1 Å². The molecule has 0 fully saturated rings. The van der Waals surface area contributed by atoms with Crippen molar-refractivity contribution in [1.82, 2.24) is 29.9 Å². The number of non-ortho nitro benzene ring substituents is 2. The van der Waals surface area contributed by atoms with Crippen LogP contribution in [0, 0.1) is 20.2 Å². The van der Waals surface area contributed by atoms with Crippen molar-refractivity contribution in [1.29, 1.82) is 0 Å². The van der Waals surface area contributed by atoms with E-state index in [1.807, 2.05) is 0 Å². The zero-order chi connectivity index (χ0) is 30.0. The molecule has 0 aliphatic heterocycles. The number of H-pyrrole nitrogens is 2. The zero-order valence-electron chi connectivity index (χ0n) is 20.8. The van der Waals surface area contributed by atoms with E-state index in [1.54, 1.807) is 30.5 Å². The molecule has 0 unspecified atom stereocenters. The highest BCUT2D eigenvalue weighted by molar-refractivity contribution is 6.36. The van der Waals surface area contributed by atoms with E-state index in [0.29, 0.717) is 33.4 Å². The van der Waals surface area contributed by atoms with Gasteiger partial charge in [-0.15, -0.1) is 0 Å². The van der Waals surface area contributed by atoms with Crippen molar-refractivity contribution in [3.8, 4) is 22.5 Å². The Bertz CT molecular complexity index is 2150. The number of nitro benzene ring substituents is 2. The summed E-state index contributed by atoms with van der Waals surface area (Å²) in [6, 6.07) is 15.1. The molecule has 0 aliphatic rings. The molecule has 16 heteroatoms. The van der Waals surface area contributed by atoms with Crippen LogP contribution in [0.25, 0.3) is 44.3 Å². The van der Waals surface area contributed by atoms with Crippen LogP contribution in [-0.4, -0.2) is 39.8 Å². The zero-order valence-corrected chi connectivity index (χ0v) is 22.3. The molecular weight excluding hydrogens is 603 g/mol. The molecule has 0 bridgehead atoms. The molecule has 0 radical (unpaired) electrons. The Labute approximate surface area is 250 Å². The summed E-state index contributed by atoms with van der Waals surface area (Å²) in [7, 11) is 0. The van der Waals surface area contributed by atoms with Gasteiger partial charge >= 0.3 is 5.69 Å². The number of pyridine rings is 2. The van der Waals surface area contributed by atoms with Gasteiger partial charge in [-0.05, 0) is 23.7 Å². The van der Waals surface area contributed by atoms with Crippen LogP contribution in [0.5, 0.6) is 0 Å². The summed E-state index contributed by atoms with van der Waals surface area (Å²) in [5.41, 5.74) is 1.12. The maximum Gasteiger partial charge on any atom is 0.326 e. The smallest absolute Gasteiger partial charge is 0.305 e. The average molecular weight is 621 g/mol. The molecule has 0 saturated carbocycles. The molecule has 43 heavy (non-hydrogen) atoms. The number of benzene rings is 2. The van der Waals surface area contributed by atoms with Crippen molar-refractivity contribution < 1.29 is 9.85 Å². The minimum Gasteiger partial charge on any atom is -0.305 e. The van der Waals surface area contributed by atoms with Crippen molar-refractivity contribution in [2.75, 3.05) is 0 Å². The van der Waals surface area contributed by atoms with Crippen LogP contribution < -0.4 is 11.2 Å². The number of hydrogen-bond acceptors (Lipinski definition) is 10. The highest BCUT2D eigenvalue weighted by Gasteiger charge is 2.15. The van der Waals surface area contributed by atoms with Crippen LogP contribution in [-0.2, 0) is 0 Å². The molecule has 2 aromatic carbocycles. The third kappa shape index (κ3) is 6.34. The first-order valence-electron chi connectivity index (χ1n) is 11.7. The van der Waals surface area contributed by atoms with Crippen LogP contribution in [0.3, 0.4) is 0 Å². The Morgan fingerprint density at radius 3 is 1.88 bits per heavy atom. The average Bonchev–Trinajstić information content (AvgIpc) is 2.97. The van der Waals surface area contributed by atoms with E-state index in [1.165, 1.54) is 42.6 Å². The molecule has 0 spiro atoms. The van der Waals surface area contributed by atoms with Gasteiger partial charge in [0.2, 0.25) is 5.28 Å². The Morgan fingerprint density at radius 1 is 0.721 bits per heavy atom. The fraction of sp³-hybridized carbons (Fsp3) is 0.0370. The number of halogens is 2. The van der Waals surface area contributed by atoms with Gasteiger partial charge in [0.1, 0.15) is 10.7 Å². The lowest BCUT2D eigenvalue weighted by atomic mass is 10.1. The summed E-state index contributed by atoms with van der Waals surface area (Å²) >= 11 is 11.9. The van der Waals surface area contributed by atoms with Gasteiger partial charge in [0.25, 0.3) is 16.9 Å². The van der Waals surface area contributed by atoms with Gasteiger partial charge in [0, 0.05) is 53.2 Å². The quantitative estimate of drug-likeness (QED) is 0.106. The molecule has 0 atom stereocenters. The molecule has 0 saturated heterocycles. The number of rotatable bonds is 4. The Hall–Kier alpha value is -5.60. The van der Waals surface area contributed by atoms with Crippen molar-refractivity contribution in [3.63, 3.8) is 0 Å². The van der Waals surface area contributed by atoms with E-state index < -0.39 is 21.1 Å². The molecule has 0 aliphatic carbocycles. The number of nitrogens with one attached hydrogen (secondary N) is 2. The molecule has 0 amide bonds. The van der Waals surface area contributed by atoms with Gasteiger partial charge in [-0.2, -0.15) is 0 Å². The van der Waals surface area contributed by atoms with Gasteiger partial charge < -0.3 is 4.98 Å². The Kier molecular flexibility index (Phi) is 8.83. The second kappa shape index (κ2) is 12.5. The van der Waals surface area contributed by atoms with E-state index in [2.05, 4.69) is 29.9 Å². The Morgan fingerprint density at radius 2 is 1.28 bits per heavy atom. The maximum absolute atomic E-state index is 11.7. The highest BCUT2D eigenvalue weighted by Crippen LogP contribution is 2.31. The molecule has 14 nitrogen and oxygen atoms in total. The third-order valence-electron chi connectivity index (χ3n) is 5.86. The molecule has 4 heterocycles. The minimum atomic E-state index is -0.660. The number of nitro groups is 2. The fourth-order valence-corrected chi connectivity index (χ4v) is 4.49. The first-order chi connectivity index (χ1) is 20.1. The summed E-state index contributed by atoms with van der Waals surface area (Å²) in [6.45, 7) is 0. The van der Waals surface area contributed by atoms with Crippen LogP contribution in [0.2, 0.25) is 10.4 Å². The number of hydrogen-bond donors (Lipinski definition) is 2. The first-order valence-corrected chi connectivity index (χ1v) is 12.5. The van der Waals surface area contributed by atoms with Crippen LogP contribution in [0.15, 0.2) is 82.6 Å². The van der Waals surface area contributed by atoms with E-state index in [0.717, 1.165) is 0 Å². The monoisotopic (exact) mass is 620 g/mol. The molecule has 2 N–H and O–H groups in total. The number of fused-ring (bicyclic) bond motifs is 2. The van der Waals surface area contributed by atoms with Crippen molar-refractivity contribution in [2.24, 2.45) is 0 Å². The third-order valence-corrected chi connectivity index (χ3v) is 6.32. The van der Waals surface area contributed by atoms with Gasteiger partial charge in [-0.1, -0.05) is 43.3 Å². The normalized spacial score (nSPS) is 10.5. The van der Waals surface area contributed by atoms with Gasteiger partial charge in [0.15, 0.2) is 0 Å². The number of nitrogens with zero attached hydrogens (tertiary/aromatic N) is 6. The van der Waals surface area contributed by atoms with E-state index in [9.17, 15) is 29.8 Å². The topological polar surface area (TPSA) is 204 Å². The van der Waals surface area contributed by atoms with E-state index >= 15 is 0 Å². The fourth-order valence-electron chi connectivity index (χ4n) is 4.05. The molecule has 4 aromatic heterocycles. The summed E-state index contributed by atoms with van der Waals surface area (Å²) in [6.07, 6.45) is 2.95. The predicted molar refractivity (Wildman–Crippen MR) is 161 cm³/mol. The van der Waals surface area contributed by atoms with E-state index in [-0.39, 0.29) is 40.1 Å². The lowest BCUT2D eigenvalue weighted by molar-refractivity contribution is -0.385. The van der Waals surface area contributed by atoms with Crippen molar-refractivity contribution in [2.45, 2.75) is 7.43 Å². The molecular formula is C27H18Cl2N8O6. The summed E-state index contributed by atoms with van der Waals surface area (Å²) in [5, 5.41) is 22.7. The number of aromatic amines is 2. The predicted octanol–water partition coefficient (Wildman–Crippen LogP) is 5.73. The van der Waals surface area contributed by atoms with Crippen molar-refractivity contribution >= 4 is 56.4 Å². The number of aromatic nitrogens is 6. The van der Waals surface area contributed by atoms with Gasteiger partial charge in [-0.3, -0.25) is 40.0 Å². The minimum absolute atomic E-state index is 0. The van der Waals surface area contributed by atoms with Crippen molar-refractivity contribution in [3.05, 3.63) is 125 Å². The maximum atomic E-state index is 11.7. The SMILES string of the molecule is C.O=[N+]([O-])c1cccc(-c2nccc3c(Cl)nc(Cl)nc23)c1.O=c1[nH]c(=O)c2ccnc(-c3cccc([N+](=O)[O-])c3)c2[nH]1. The lowest BCUT2D eigenvalue weighted by Crippen LogP contribution is -2.22. The second-order valence-corrected chi connectivity index (χ2v) is 9.14. The van der Waals surface area contributed by atoms with Crippen LogP contribution in [0.1, 0.15) is 7.43 Å². The van der Waals surface area contributed by atoms with E-state index in [4.69, 9.17) is 23.2 Å². The lowest BCUT2D eigenvalue weighted by Gasteiger charge is -2.06. The summed E-state index contributed by atoms with van der Waals surface area (Å²) in [4.78, 5) is 64.8. The van der Waals surface area contributed by atoms with Gasteiger partial charge in [-0.25, -0.2) is 14.8 Å². The van der Waals surface area contributed by atoms with Crippen LogP contribution >= 0.6 is 23.2 Å². The largest absolute Gasteiger partial charge is 0.326 e. The van der Waals surface area contributed by atoms with Crippen LogP contribution in [0.4, 0.5) is 11.4 Å². The molecule has 6 rings (SSSR count). The highest BCUT2D eigenvalue weighted by atomic mass is 35.5.